The molecule has 0 aliphatic carbocycles. The number of H-pyrrole nitrogens is 1. The molecule has 1 aromatic carbocycles. The lowest BCUT2D eigenvalue weighted by molar-refractivity contribution is 0.0769. The van der Waals surface area contributed by atoms with Gasteiger partial charge in [-0.3, -0.25) is 4.79 Å². The fourth-order valence-electron chi connectivity index (χ4n) is 2.82. The highest BCUT2D eigenvalue weighted by Crippen LogP contribution is 2.20. The molecule has 0 amide bonds. The first-order valence-electron chi connectivity index (χ1n) is 7.29. The highest BCUT2D eigenvalue weighted by Gasteiger charge is 2.15. The summed E-state index contributed by atoms with van der Waals surface area (Å²) in [6.45, 7) is 2.34. The Labute approximate surface area is 126 Å². The summed E-state index contributed by atoms with van der Waals surface area (Å²) in [6.07, 6.45) is 3.29. The van der Waals surface area contributed by atoms with Crippen molar-refractivity contribution in [3.8, 4) is 5.69 Å². The third-order valence-electron chi connectivity index (χ3n) is 3.98. The molecule has 6 nitrogen and oxygen atoms in total. The van der Waals surface area contributed by atoms with Crippen LogP contribution in [-0.4, -0.2) is 34.3 Å². The number of aromatic amines is 1. The van der Waals surface area contributed by atoms with Crippen LogP contribution in [0.15, 0.2) is 47.7 Å². The number of ether oxygens (including phenoxy) is 1. The highest BCUT2D eigenvalue weighted by molar-refractivity contribution is 5.76. The minimum Gasteiger partial charge on any atom is -0.378 e. The highest BCUT2D eigenvalue weighted by atomic mass is 16.5. The summed E-state index contributed by atoms with van der Waals surface area (Å²) in [7, 11) is 0. The van der Waals surface area contributed by atoms with Gasteiger partial charge in [-0.25, -0.2) is 4.98 Å². The van der Waals surface area contributed by atoms with Crippen molar-refractivity contribution in [1.82, 2.24) is 19.9 Å². The molecule has 0 spiro atoms. The number of aromatic nitrogens is 3. The van der Waals surface area contributed by atoms with Gasteiger partial charge < -0.3 is 19.6 Å². The van der Waals surface area contributed by atoms with Crippen molar-refractivity contribution >= 4 is 11.0 Å². The maximum absolute atomic E-state index is 11.8. The molecule has 1 saturated heterocycles. The first-order chi connectivity index (χ1) is 10.8. The fourth-order valence-corrected chi connectivity index (χ4v) is 2.82. The number of fused-ring (bicyclic) bond motifs is 1. The molecule has 22 heavy (non-hydrogen) atoms. The minimum absolute atomic E-state index is 0.121. The summed E-state index contributed by atoms with van der Waals surface area (Å²) >= 11 is 0. The molecular formula is C16H16N4O2. The van der Waals surface area contributed by atoms with Crippen molar-refractivity contribution in [2.24, 2.45) is 0 Å². The van der Waals surface area contributed by atoms with Gasteiger partial charge in [0, 0.05) is 18.4 Å². The molecular weight excluding hydrogens is 280 g/mol. The number of hydrogen-bond acceptors (Lipinski definition) is 4. The van der Waals surface area contributed by atoms with Gasteiger partial charge in [0.05, 0.1) is 31.0 Å². The van der Waals surface area contributed by atoms with Gasteiger partial charge in [-0.2, -0.15) is 0 Å². The van der Waals surface area contributed by atoms with Gasteiger partial charge >= 0.3 is 0 Å². The molecule has 2 N–H and O–H groups in total. The van der Waals surface area contributed by atoms with Gasteiger partial charge in [-0.15, -0.1) is 0 Å². The van der Waals surface area contributed by atoms with Crippen LogP contribution in [0.5, 0.6) is 0 Å². The molecule has 1 aliphatic rings. The SMILES string of the molecule is O=c1[nH]cnc2c1ccn2-c1ccc(C2COCCN2)cc1. The van der Waals surface area contributed by atoms with E-state index < -0.39 is 0 Å². The molecule has 6 heteroatoms. The zero-order chi connectivity index (χ0) is 14.9. The predicted molar refractivity (Wildman–Crippen MR) is 83.3 cm³/mol. The topological polar surface area (TPSA) is 71.9 Å². The number of benzene rings is 1. The Morgan fingerprint density at radius 1 is 1.23 bits per heavy atom. The summed E-state index contributed by atoms with van der Waals surface area (Å²) in [5.74, 6) is 0. The minimum atomic E-state index is -0.121. The van der Waals surface area contributed by atoms with Crippen LogP contribution in [0.4, 0.5) is 0 Å². The second kappa shape index (κ2) is 5.40. The largest absolute Gasteiger partial charge is 0.378 e. The Bertz CT molecular complexity index is 844. The van der Waals surface area contributed by atoms with E-state index in [0.29, 0.717) is 17.6 Å². The number of rotatable bonds is 2. The first kappa shape index (κ1) is 13.2. The van der Waals surface area contributed by atoms with Crippen molar-refractivity contribution in [3.63, 3.8) is 0 Å². The Morgan fingerprint density at radius 2 is 2.09 bits per heavy atom. The number of morpholine rings is 1. The zero-order valence-corrected chi connectivity index (χ0v) is 12.0. The monoisotopic (exact) mass is 296 g/mol. The molecule has 0 saturated carbocycles. The van der Waals surface area contributed by atoms with E-state index in [4.69, 9.17) is 4.74 Å². The number of nitrogens with one attached hydrogen (secondary N) is 2. The summed E-state index contributed by atoms with van der Waals surface area (Å²) < 4.78 is 7.41. The third-order valence-corrected chi connectivity index (χ3v) is 3.98. The second-order valence-electron chi connectivity index (χ2n) is 5.33. The van der Waals surface area contributed by atoms with Crippen molar-refractivity contribution in [3.05, 3.63) is 58.8 Å². The molecule has 4 rings (SSSR count). The molecule has 1 aliphatic heterocycles. The van der Waals surface area contributed by atoms with Crippen molar-refractivity contribution in [2.75, 3.05) is 19.8 Å². The zero-order valence-electron chi connectivity index (χ0n) is 12.0. The van der Waals surface area contributed by atoms with Crippen LogP contribution in [0.2, 0.25) is 0 Å². The average molecular weight is 296 g/mol. The predicted octanol–water partition coefficient (Wildman–Crippen LogP) is 1.37. The third kappa shape index (κ3) is 2.22. The van der Waals surface area contributed by atoms with Crippen molar-refractivity contribution in [2.45, 2.75) is 6.04 Å². The van der Waals surface area contributed by atoms with E-state index in [-0.39, 0.29) is 11.6 Å². The van der Waals surface area contributed by atoms with E-state index in [1.165, 1.54) is 11.9 Å². The normalized spacial score (nSPS) is 18.6. The van der Waals surface area contributed by atoms with E-state index >= 15 is 0 Å². The maximum Gasteiger partial charge on any atom is 0.260 e. The van der Waals surface area contributed by atoms with E-state index in [0.717, 1.165) is 18.8 Å². The van der Waals surface area contributed by atoms with Gasteiger partial charge in [-0.1, -0.05) is 12.1 Å². The molecule has 0 radical (unpaired) electrons. The number of hydrogen-bond donors (Lipinski definition) is 2. The van der Waals surface area contributed by atoms with Gasteiger partial charge in [0.25, 0.3) is 5.56 Å². The Morgan fingerprint density at radius 3 is 2.86 bits per heavy atom. The molecule has 3 aromatic rings. The van der Waals surface area contributed by atoms with Crippen LogP contribution in [-0.2, 0) is 4.74 Å². The quantitative estimate of drug-likeness (QED) is 0.749. The van der Waals surface area contributed by atoms with E-state index in [2.05, 4.69) is 27.4 Å². The van der Waals surface area contributed by atoms with Gasteiger partial charge in [0.2, 0.25) is 0 Å². The Hall–Kier alpha value is -2.44. The molecule has 0 bridgehead atoms. The summed E-state index contributed by atoms with van der Waals surface area (Å²) in [5.41, 5.74) is 2.72. The molecule has 1 unspecified atom stereocenters. The average Bonchev–Trinajstić information content (AvgIpc) is 3.01. The smallest absolute Gasteiger partial charge is 0.260 e. The molecule has 2 aromatic heterocycles. The van der Waals surface area contributed by atoms with Crippen LogP contribution in [0.3, 0.4) is 0 Å². The van der Waals surface area contributed by atoms with E-state index in [9.17, 15) is 4.79 Å². The van der Waals surface area contributed by atoms with E-state index in [1.807, 2.05) is 22.9 Å². The molecule has 1 fully saturated rings. The van der Waals surface area contributed by atoms with Crippen LogP contribution >= 0.6 is 0 Å². The van der Waals surface area contributed by atoms with Crippen molar-refractivity contribution < 1.29 is 4.74 Å². The first-order valence-corrected chi connectivity index (χ1v) is 7.29. The van der Waals surface area contributed by atoms with Gasteiger partial charge in [0.1, 0.15) is 0 Å². The lowest BCUT2D eigenvalue weighted by atomic mass is 10.1. The van der Waals surface area contributed by atoms with Gasteiger partial charge in [0.15, 0.2) is 5.65 Å². The van der Waals surface area contributed by atoms with Gasteiger partial charge in [-0.05, 0) is 23.8 Å². The van der Waals surface area contributed by atoms with Crippen LogP contribution in [0.25, 0.3) is 16.7 Å². The molecule has 1 atom stereocenters. The Balaban J connectivity index is 1.70. The number of nitrogens with zero attached hydrogens (tertiary/aromatic N) is 2. The lowest BCUT2D eigenvalue weighted by Crippen LogP contribution is -2.34. The summed E-state index contributed by atoms with van der Waals surface area (Å²) in [6, 6.07) is 10.3. The maximum atomic E-state index is 11.8. The second-order valence-corrected chi connectivity index (χ2v) is 5.33. The van der Waals surface area contributed by atoms with Crippen LogP contribution in [0, 0.1) is 0 Å². The standard InChI is InChI=1S/C16H16N4O2/c21-16-13-5-7-20(15(13)18-10-19-16)12-3-1-11(2-4-12)14-9-22-8-6-17-14/h1-5,7,10,14,17H,6,8-9H2,(H,18,19,21). The van der Waals surface area contributed by atoms with Crippen LogP contribution < -0.4 is 10.9 Å². The van der Waals surface area contributed by atoms with Crippen molar-refractivity contribution in [1.29, 1.82) is 0 Å². The fraction of sp³-hybridized carbons (Fsp3) is 0.250. The Kier molecular flexibility index (Phi) is 3.25. The van der Waals surface area contributed by atoms with E-state index in [1.54, 1.807) is 6.07 Å². The molecule has 112 valence electrons. The molecule has 3 heterocycles. The summed E-state index contributed by atoms with van der Waals surface area (Å²) in [4.78, 5) is 18.6. The lowest BCUT2D eigenvalue weighted by Gasteiger charge is -2.24. The summed E-state index contributed by atoms with van der Waals surface area (Å²) in [5, 5.41) is 4.03. The van der Waals surface area contributed by atoms with Crippen LogP contribution in [0.1, 0.15) is 11.6 Å².